The number of nitrogens with two attached hydrogens (primary N) is 1. The molecule has 230 valence electrons. The average Bonchev–Trinajstić information content (AvgIpc) is 3.15. The topological polar surface area (TPSA) is 108 Å². The molecule has 0 unspecified atom stereocenters. The minimum absolute atomic E-state index is 0.132. The van der Waals surface area contributed by atoms with Crippen LogP contribution in [0.3, 0.4) is 0 Å². The first-order valence-electron chi connectivity index (χ1n) is 14.1. The highest BCUT2D eigenvalue weighted by Crippen LogP contribution is 2.40. The molecule has 0 saturated carbocycles. The highest BCUT2D eigenvalue weighted by molar-refractivity contribution is 7.89. The summed E-state index contributed by atoms with van der Waals surface area (Å²) >= 11 is 0. The van der Waals surface area contributed by atoms with Crippen LogP contribution < -0.4 is 25.0 Å². The number of nitrogen functional groups attached to an aromatic ring is 1. The Morgan fingerprint density at radius 3 is 1.95 bits per heavy atom. The molecule has 6 rings (SSSR count). The van der Waals surface area contributed by atoms with Gasteiger partial charge < -0.3 is 25.4 Å². The zero-order valence-corrected chi connectivity index (χ0v) is 24.3. The van der Waals surface area contributed by atoms with Crippen molar-refractivity contribution in [2.24, 2.45) is 0 Å². The normalized spacial score (nSPS) is 20.4. The van der Waals surface area contributed by atoms with E-state index in [2.05, 4.69) is 26.5 Å². The van der Waals surface area contributed by atoms with Crippen molar-refractivity contribution < 1.29 is 31.4 Å². The third kappa shape index (κ3) is 6.19. The van der Waals surface area contributed by atoms with Gasteiger partial charge in [0.15, 0.2) is 0 Å². The molecule has 2 heterocycles. The first-order valence-corrected chi connectivity index (χ1v) is 15.6. The number of aliphatic hydroxyl groups excluding tert-OH is 1. The SMILES string of the molecule is Nc1ccc(N2C[C@@H](NS(=O)(=O)c3ccc(OC(F)(F)F)cc3)[C@H](O)[C@@H](N3c4ccccc4CCc4ccccc43)C2)cc1. The summed E-state index contributed by atoms with van der Waals surface area (Å²) in [5.74, 6) is -0.540. The zero-order chi connectivity index (χ0) is 31.1. The van der Waals surface area contributed by atoms with E-state index < -0.39 is 40.3 Å². The van der Waals surface area contributed by atoms with Crippen LogP contribution in [0.5, 0.6) is 5.75 Å². The fourth-order valence-electron chi connectivity index (χ4n) is 6.02. The third-order valence-corrected chi connectivity index (χ3v) is 9.57. The number of hydrogen-bond donors (Lipinski definition) is 3. The minimum atomic E-state index is -4.91. The van der Waals surface area contributed by atoms with E-state index in [1.165, 1.54) is 0 Å². The maximum Gasteiger partial charge on any atom is 0.573 e. The average molecular weight is 625 g/mol. The number of halogens is 3. The Labute approximate surface area is 253 Å². The largest absolute Gasteiger partial charge is 0.573 e. The monoisotopic (exact) mass is 624 g/mol. The number of ether oxygens (including phenoxy) is 1. The molecule has 0 aliphatic carbocycles. The molecule has 1 fully saturated rings. The van der Waals surface area contributed by atoms with Crippen LogP contribution in [0.2, 0.25) is 0 Å². The lowest BCUT2D eigenvalue weighted by molar-refractivity contribution is -0.274. The number of nitrogens with one attached hydrogen (secondary N) is 1. The van der Waals surface area contributed by atoms with Crippen molar-refractivity contribution in [2.45, 2.75) is 42.3 Å². The van der Waals surface area contributed by atoms with Crippen molar-refractivity contribution >= 4 is 32.8 Å². The molecular formula is C32H31F3N4O4S. The lowest BCUT2D eigenvalue weighted by Crippen LogP contribution is -2.65. The van der Waals surface area contributed by atoms with Gasteiger partial charge in [-0.05, 0) is 84.6 Å². The Hall–Kier alpha value is -4.26. The predicted molar refractivity (Wildman–Crippen MR) is 163 cm³/mol. The summed E-state index contributed by atoms with van der Waals surface area (Å²) in [5, 5.41) is 12.0. The highest BCUT2D eigenvalue weighted by atomic mass is 32.2. The van der Waals surface area contributed by atoms with E-state index in [1.54, 1.807) is 12.1 Å². The number of rotatable bonds is 6. The Morgan fingerprint density at radius 1 is 0.818 bits per heavy atom. The van der Waals surface area contributed by atoms with Gasteiger partial charge in [0.25, 0.3) is 0 Å². The second kappa shape index (κ2) is 11.7. The molecule has 12 heteroatoms. The zero-order valence-electron chi connectivity index (χ0n) is 23.5. The number of aryl methyl sites for hydroxylation is 2. The molecule has 0 aromatic heterocycles. The second-order valence-corrected chi connectivity index (χ2v) is 12.6. The van der Waals surface area contributed by atoms with Crippen LogP contribution in [0.1, 0.15) is 11.1 Å². The molecule has 0 bridgehead atoms. The lowest BCUT2D eigenvalue weighted by atomic mass is 9.94. The van der Waals surface area contributed by atoms with Gasteiger partial charge in [0.2, 0.25) is 10.0 Å². The van der Waals surface area contributed by atoms with E-state index in [0.29, 0.717) is 12.2 Å². The molecule has 2 aliphatic heterocycles. The van der Waals surface area contributed by atoms with Gasteiger partial charge in [-0.2, -0.15) is 0 Å². The molecule has 44 heavy (non-hydrogen) atoms. The lowest BCUT2D eigenvalue weighted by Gasteiger charge is -2.48. The van der Waals surface area contributed by atoms with E-state index >= 15 is 0 Å². The molecule has 0 amide bonds. The van der Waals surface area contributed by atoms with Gasteiger partial charge in [0.1, 0.15) is 5.75 Å². The Bertz CT molecular complexity index is 1690. The molecule has 3 atom stereocenters. The van der Waals surface area contributed by atoms with Crippen molar-refractivity contribution in [3.63, 3.8) is 0 Å². The first-order chi connectivity index (χ1) is 21.0. The van der Waals surface area contributed by atoms with E-state index in [1.807, 2.05) is 53.4 Å². The van der Waals surface area contributed by atoms with E-state index in [-0.39, 0.29) is 11.4 Å². The van der Waals surface area contributed by atoms with Crippen molar-refractivity contribution in [2.75, 3.05) is 28.6 Å². The minimum Gasteiger partial charge on any atom is -0.406 e. The maximum absolute atomic E-state index is 13.5. The van der Waals surface area contributed by atoms with Gasteiger partial charge in [-0.15, -0.1) is 13.2 Å². The standard InChI is InChI=1S/C32H31F3N4O4S/c33-32(34,35)43-25-15-17-26(18-16-25)44(41,42)37-27-19-38(24-13-11-23(36)12-14-24)20-30(31(27)40)39-28-7-3-1-5-21(28)9-10-22-6-2-4-8-29(22)39/h1-8,11-18,27,30-31,37,40H,9-10,19-20,36H2/t27-,30+,31+/m1/s1. The number of benzene rings is 4. The number of nitrogens with zero attached hydrogens (tertiary/aromatic N) is 2. The van der Waals surface area contributed by atoms with E-state index in [0.717, 1.165) is 65.3 Å². The molecular weight excluding hydrogens is 593 g/mol. The number of sulfonamides is 1. The third-order valence-electron chi connectivity index (χ3n) is 8.06. The van der Waals surface area contributed by atoms with Crippen LogP contribution >= 0.6 is 0 Å². The number of anilines is 4. The van der Waals surface area contributed by atoms with Gasteiger partial charge in [-0.3, -0.25) is 0 Å². The first kappa shape index (κ1) is 29.8. The van der Waals surface area contributed by atoms with Gasteiger partial charge >= 0.3 is 6.36 Å². The summed E-state index contributed by atoms with van der Waals surface area (Å²) in [6.45, 7) is 0.503. The van der Waals surface area contributed by atoms with Crippen LogP contribution in [0.4, 0.5) is 35.9 Å². The summed E-state index contributed by atoms with van der Waals surface area (Å²) in [6, 6.07) is 25.6. The Balaban J connectivity index is 1.38. The summed E-state index contributed by atoms with van der Waals surface area (Å²) in [6.07, 6.45) is -4.46. The van der Waals surface area contributed by atoms with E-state index in [9.17, 15) is 26.7 Å². The molecule has 2 aliphatic rings. The fourth-order valence-corrected chi connectivity index (χ4v) is 7.26. The quantitative estimate of drug-likeness (QED) is 0.259. The summed E-state index contributed by atoms with van der Waals surface area (Å²) < 4.78 is 71.5. The second-order valence-electron chi connectivity index (χ2n) is 10.9. The van der Waals surface area contributed by atoms with Crippen LogP contribution in [0.25, 0.3) is 0 Å². The van der Waals surface area contributed by atoms with E-state index in [4.69, 9.17) is 5.73 Å². The summed E-state index contributed by atoms with van der Waals surface area (Å²) in [5.41, 5.74) is 11.4. The van der Waals surface area contributed by atoms with Crippen molar-refractivity contribution in [3.05, 3.63) is 108 Å². The molecule has 0 spiro atoms. The van der Waals surface area contributed by atoms with Crippen LogP contribution in [-0.2, 0) is 22.9 Å². The number of hydrogen-bond acceptors (Lipinski definition) is 7. The Morgan fingerprint density at radius 2 is 1.39 bits per heavy atom. The number of fused-ring (bicyclic) bond motifs is 2. The highest BCUT2D eigenvalue weighted by Gasteiger charge is 2.43. The van der Waals surface area contributed by atoms with Gasteiger partial charge in [0.05, 0.1) is 23.1 Å². The van der Waals surface area contributed by atoms with Crippen molar-refractivity contribution in [3.8, 4) is 5.75 Å². The van der Waals surface area contributed by atoms with Crippen LogP contribution in [0.15, 0.2) is 102 Å². The number of piperidine rings is 1. The van der Waals surface area contributed by atoms with Crippen LogP contribution in [-0.4, -0.2) is 51.2 Å². The smallest absolute Gasteiger partial charge is 0.406 e. The molecule has 4 aromatic carbocycles. The number of alkyl halides is 3. The van der Waals surface area contributed by atoms with Gasteiger partial charge in [-0.25, -0.2) is 13.1 Å². The molecule has 4 aromatic rings. The molecule has 0 radical (unpaired) electrons. The summed E-state index contributed by atoms with van der Waals surface area (Å²) in [4.78, 5) is 3.85. The molecule has 8 nitrogen and oxygen atoms in total. The number of para-hydroxylation sites is 2. The number of aliphatic hydroxyl groups is 1. The van der Waals surface area contributed by atoms with Crippen molar-refractivity contribution in [1.82, 2.24) is 4.72 Å². The van der Waals surface area contributed by atoms with Gasteiger partial charge in [0, 0.05) is 35.8 Å². The molecule has 4 N–H and O–H groups in total. The maximum atomic E-state index is 13.5. The van der Waals surface area contributed by atoms with Gasteiger partial charge in [-0.1, -0.05) is 36.4 Å². The summed E-state index contributed by atoms with van der Waals surface area (Å²) in [7, 11) is -4.26. The van der Waals surface area contributed by atoms with Crippen molar-refractivity contribution in [1.29, 1.82) is 0 Å². The Kier molecular flexibility index (Phi) is 7.91. The predicted octanol–water partition coefficient (Wildman–Crippen LogP) is 5.00. The molecule has 1 saturated heterocycles. The van der Waals surface area contributed by atoms with Crippen LogP contribution in [0, 0.1) is 0 Å². The fraction of sp³-hybridized carbons (Fsp3) is 0.250.